The van der Waals surface area contributed by atoms with Gasteiger partial charge in [0.15, 0.2) is 5.65 Å². The van der Waals surface area contributed by atoms with Crippen molar-refractivity contribution < 1.29 is 0 Å². The second kappa shape index (κ2) is 3.05. The van der Waals surface area contributed by atoms with Gasteiger partial charge in [0.05, 0.1) is 18.1 Å². The van der Waals surface area contributed by atoms with Crippen LogP contribution in [0.3, 0.4) is 0 Å². The lowest BCUT2D eigenvalue weighted by molar-refractivity contribution is 0.820. The van der Waals surface area contributed by atoms with Crippen LogP contribution in [0.25, 0.3) is 11.2 Å². The van der Waals surface area contributed by atoms with Crippen molar-refractivity contribution in [1.82, 2.24) is 19.9 Å². The molecule has 0 N–H and O–H groups in total. The fourth-order valence-electron chi connectivity index (χ4n) is 1.07. The van der Waals surface area contributed by atoms with Gasteiger partial charge < -0.3 is 0 Å². The van der Waals surface area contributed by atoms with Crippen LogP contribution in [0.1, 0.15) is 25.5 Å². The van der Waals surface area contributed by atoms with Gasteiger partial charge in [-0.05, 0) is 5.92 Å². The molecule has 0 aliphatic carbocycles. The van der Waals surface area contributed by atoms with Gasteiger partial charge in [0.25, 0.3) is 0 Å². The van der Waals surface area contributed by atoms with E-state index in [4.69, 9.17) is 0 Å². The highest BCUT2D eigenvalue weighted by Gasteiger charge is 2.03. The van der Waals surface area contributed by atoms with Gasteiger partial charge in [0.2, 0.25) is 0 Å². The zero-order chi connectivity index (χ0) is 9.26. The second-order valence-electron chi connectivity index (χ2n) is 3.18. The number of nitrogens with zero attached hydrogens (tertiary/aromatic N) is 4. The molecule has 0 fully saturated rings. The lowest BCUT2D eigenvalue weighted by atomic mass is 10.1. The molecule has 0 saturated heterocycles. The Morgan fingerprint density at radius 1 is 1.15 bits per heavy atom. The molecule has 0 atom stereocenters. The van der Waals surface area contributed by atoms with E-state index in [1.165, 1.54) is 6.33 Å². The normalized spacial score (nSPS) is 11.0. The first kappa shape index (κ1) is 8.04. The molecule has 0 radical (unpaired) electrons. The van der Waals surface area contributed by atoms with Crippen LogP contribution in [0.5, 0.6) is 0 Å². The molecule has 2 heterocycles. The topological polar surface area (TPSA) is 51.6 Å². The van der Waals surface area contributed by atoms with Crippen LogP contribution in [0.15, 0.2) is 18.7 Å². The van der Waals surface area contributed by atoms with Crippen molar-refractivity contribution in [3.63, 3.8) is 0 Å². The quantitative estimate of drug-likeness (QED) is 0.658. The molecule has 0 unspecified atom stereocenters. The van der Waals surface area contributed by atoms with E-state index in [1.807, 2.05) is 0 Å². The average molecular weight is 174 g/mol. The molecule has 4 heteroatoms. The summed E-state index contributed by atoms with van der Waals surface area (Å²) in [6, 6.07) is 0. The molecule has 0 amide bonds. The van der Waals surface area contributed by atoms with Crippen molar-refractivity contribution in [1.29, 1.82) is 0 Å². The van der Waals surface area contributed by atoms with Crippen molar-refractivity contribution in [2.75, 3.05) is 0 Å². The maximum Gasteiger partial charge on any atom is 0.181 e. The van der Waals surface area contributed by atoms with Gasteiger partial charge in [-0.2, -0.15) is 0 Å². The SMILES string of the molecule is CC(C)c1cnc2ncncc2n1. The van der Waals surface area contributed by atoms with Crippen molar-refractivity contribution in [3.8, 4) is 0 Å². The molecule has 2 aromatic heterocycles. The molecule has 0 aliphatic heterocycles. The summed E-state index contributed by atoms with van der Waals surface area (Å²) in [7, 11) is 0. The Kier molecular flexibility index (Phi) is 1.88. The minimum Gasteiger partial charge on any atom is -0.246 e. The van der Waals surface area contributed by atoms with E-state index < -0.39 is 0 Å². The number of rotatable bonds is 1. The minimum absolute atomic E-state index is 0.386. The lowest BCUT2D eigenvalue weighted by Gasteiger charge is -2.03. The van der Waals surface area contributed by atoms with E-state index in [2.05, 4.69) is 33.8 Å². The summed E-state index contributed by atoms with van der Waals surface area (Å²) >= 11 is 0. The summed E-state index contributed by atoms with van der Waals surface area (Å²) in [5.74, 6) is 0.386. The predicted molar refractivity (Wildman–Crippen MR) is 49.2 cm³/mol. The van der Waals surface area contributed by atoms with Crippen LogP contribution < -0.4 is 0 Å². The summed E-state index contributed by atoms with van der Waals surface area (Å²) in [5, 5.41) is 0. The summed E-state index contributed by atoms with van der Waals surface area (Å²) in [6.45, 7) is 4.17. The van der Waals surface area contributed by atoms with Crippen LogP contribution in [0.4, 0.5) is 0 Å². The molecular weight excluding hydrogens is 164 g/mol. The number of aromatic nitrogens is 4. The smallest absolute Gasteiger partial charge is 0.181 e. The molecule has 2 aromatic rings. The van der Waals surface area contributed by atoms with Gasteiger partial charge in [0, 0.05) is 0 Å². The molecule has 0 spiro atoms. The first-order valence-electron chi connectivity index (χ1n) is 4.20. The molecule has 4 nitrogen and oxygen atoms in total. The first-order chi connectivity index (χ1) is 6.27. The Labute approximate surface area is 76.1 Å². The second-order valence-corrected chi connectivity index (χ2v) is 3.18. The maximum atomic E-state index is 4.39. The Balaban J connectivity index is 2.62. The van der Waals surface area contributed by atoms with Gasteiger partial charge in [-0.25, -0.2) is 19.9 Å². The van der Waals surface area contributed by atoms with Gasteiger partial charge in [0.1, 0.15) is 11.8 Å². The zero-order valence-electron chi connectivity index (χ0n) is 7.60. The van der Waals surface area contributed by atoms with Crippen LogP contribution in [0.2, 0.25) is 0 Å². The molecule has 0 aliphatic rings. The number of hydrogen-bond acceptors (Lipinski definition) is 4. The summed E-state index contributed by atoms with van der Waals surface area (Å²) in [5.41, 5.74) is 2.38. The molecule has 0 saturated carbocycles. The highest BCUT2D eigenvalue weighted by Crippen LogP contribution is 2.12. The van der Waals surface area contributed by atoms with E-state index in [9.17, 15) is 0 Å². The van der Waals surface area contributed by atoms with Crippen molar-refractivity contribution >= 4 is 11.2 Å². The fraction of sp³-hybridized carbons (Fsp3) is 0.333. The van der Waals surface area contributed by atoms with Crippen molar-refractivity contribution in [3.05, 3.63) is 24.4 Å². The van der Waals surface area contributed by atoms with E-state index in [0.29, 0.717) is 11.6 Å². The third-order valence-corrected chi connectivity index (χ3v) is 1.83. The molecule has 0 aromatic carbocycles. The van der Waals surface area contributed by atoms with Crippen LogP contribution in [-0.2, 0) is 0 Å². The van der Waals surface area contributed by atoms with Gasteiger partial charge in [-0.3, -0.25) is 0 Å². The Hall–Kier alpha value is -1.58. The number of fused-ring (bicyclic) bond motifs is 1. The Bertz CT molecular complexity index is 425. The largest absolute Gasteiger partial charge is 0.246 e. The molecular formula is C9H10N4. The first-order valence-corrected chi connectivity index (χ1v) is 4.20. The van der Waals surface area contributed by atoms with E-state index in [1.54, 1.807) is 12.4 Å². The third kappa shape index (κ3) is 1.47. The molecule has 66 valence electrons. The van der Waals surface area contributed by atoms with Crippen LogP contribution >= 0.6 is 0 Å². The molecule has 2 rings (SSSR count). The van der Waals surface area contributed by atoms with Gasteiger partial charge in [-0.1, -0.05) is 13.8 Å². The van der Waals surface area contributed by atoms with Crippen molar-refractivity contribution in [2.24, 2.45) is 0 Å². The molecule has 0 bridgehead atoms. The van der Waals surface area contributed by atoms with E-state index in [0.717, 1.165) is 11.2 Å². The van der Waals surface area contributed by atoms with E-state index >= 15 is 0 Å². The van der Waals surface area contributed by atoms with Crippen LogP contribution in [0, 0.1) is 0 Å². The van der Waals surface area contributed by atoms with Gasteiger partial charge >= 0.3 is 0 Å². The summed E-state index contributed by atoms with van der Waals surface area (Å²) in [4.78, 5) is 16.5. The van der Waals surface area contributed by atoms with Crippen molar-refractivity contribution in [2.45, 2.75) is 19.8 Å². The zero-order valence-corrected chi connectivity index (χ0v) is 7.60. The van der Waals surface area contributed by atoms with Crippen LogP contribution in [-0.4, -0.2) is 19.9 Å². The monoisotopic (exact) mass is 174 g/mol. The molecule has 13 heavy (non-hydrogen) atoms. The summed E-state index contributed by atoms with van der Waals surface area (Å²) in [6.07, 6.45) is 4.92. The Morgan fingerprint density at radius 2 is 2.00 bits per heavy atom. The Morgan fingerprint density at radius 3 is 2.77 bits per heavy atom. The standard InChI is InChI=1S/C9H10N4/c1-6(2)7-4-11-9-8(13-7)3-10-5-12-9/h3-6H,1-2H3. The third-order valence-electron chi connectivity index (χ3n) is 1.83. The maximum absolute atomic E-state index is 4.39. The highest BCUT2D eigenvalue weighted by molar-refractivity contribution is 5.67. The average Bonchev–Trinajstić information content (AvgIpc) is 2.17. The number of hydrogen-bond donors (Lipinski definition) is 0. The highest BCUT2D eigenvalue weighted by atomic mass is 14.9. The summed E-state index contributed by atoms with van der Waals surface area (Å²) < 4.78 is 0. The lowest BCUT2D eigenvalue weighted by Crippen LogP contribution is -1.96. The minimum atomic E-state index is 0.386. The fourth-order valence-corrected chi connectivity index (χ4v) is 1.07. The van der Waals surface area contributed by atoms with E-state index in [-0.39, 0.29) is 0 Å². The van der Waals surface area contributed by atoms with Gasteiger partial charge in [-0.15, -0.1) is 0 Å². The predicted octanol–water partition coefficient (Wildman–Crippen LogP) is 1.54.